The molecule has 0 bridgehead atoms. The highest BCUT2D eigenvalue weighted by molar-refractivity contribution is 6.30. The van der Waals surface area contributed by atoms with Crippen molar-refractivity contribution < 1.29 is 9.59 Å². The third-order valence-corrected chi connectivity index (χ3v) is 4.48. The summed E-state index contributed by atoms with van der Waals surface area (Å²) in [6.07, 6.45) is 0.222. The van der Waals surface area contributed by atoms with Crippen LogP contribution in [-0.2, 0) is 9.59 Å². The van der Waals surface area contributed by atoms with Crippen LogP contribution in [0.25, 0.3) is 0 Å². The Kier molecular flexibility index (Phi) is 4.58. The van der Waals surface area contributed by atoms with Crippen LogP contribution in [0.1, 0.15) is 17.5 Å². The first-order valence-corrected chi connectivity index (χ1v) is 8.26. The van der Waals surface area contributed by atoms with Crippen molar-refractivity contribution in [3.8, 4) is 0 Å². The number of amides is 2. The SMILES string of the molecule is Cc1ccc(C)c(N2C[C@H](C(=O)Nc3cccc(Cl)c3)CC2=O)c1. The second kappa shape index (κ2) is 6.65. The lowest BCUT2D eigenvalue weighted by molar-refractivity contribution is -0.122. The van der Waals surface area contributed by atoms with Gasteiger partial charge in [-0.15, -0.1) is 0 Å². The van der Waals surface area contributed by atoms with E-state index in [-0.39, 0.29) is 24.2 Å². The Balaban J connectivity index is 1.74. The number of carbonyl (C=O) groups excluding carboxylic acids is 2. The van der Waals surface area contributed by atoms with E-state index in [9.17, 15) is 9.59 Å². The molecule has 0 spiro atoms. The number of benzene rings is 2. The smallest absolute Gasteiger partial charge is 0.229 e. The van der Waals surface area contributed by atoms with Gasteiger partial charge in [-0.25, -0.2) is 0 Å². The number of rotatable bonds is 3. The Morgan fingerprint density at radius 2 is 2.00 bits per heavy atom. The molecule has 1 heterocycles. The van der Waals surface area contributed by atoms with Crippen LogP contribution in [0.5, 0.6) is 0 Å². The Morgan fingerprint density at radius 3 is 2.75 bits per heavy atom. The maximum absolute atomic E-state index is 12.5. The van der Waals surface area contributed by atoms with E-state index >= 15 is 0 Å². The molecular formula is C19H19ClN2O2. The fourth-order valence-corrected chi connectivity index (χ4v) is 3.13. The van der Waals surface area contributed by atoms with Crippen LogP contribution < -0.4 is 10.2 Å². The molecule has 1 N–H and O–H groups in total. The van der Waals surface area contributed by atoms with Crippen molar-refractivity contribution in [2.75, 3.05) is 16.8 Å². The summed E-state index contributed by atoms with van der Waals surface area (Å²) >= 11 is 5.93. The predicted molar refractivity (Wildman–Crippen MR) is 96.5 cm³/mol. The van der Waals surface area contributed by atoms with Gasteiger partial charge in [0.2, 0.25) is 11.8 Å². The normalized spacial score (nSPS) is 17.2. The summed E-state index contributed by atoms with van der Waals surface area (Å²) in [4.78, 5) is 26.6. The topological polar surface area (TPSA) is 49.4 Å². The molecule has 0 aliphatic carbocycles. The number of hydrogen-bond acceptors (Lipinski definition) is 2. The Labute approximate surface area is 146 Å². The van der Waals surface area contributed by atoms with Gasteiger partial charge < -0.3 is 10.2 Å². The molecule has 0 radical (unpaired) electrons. The number of aryl methyl sites for hydroxylation is 2. The largest absolute Gasteiger partial charge is 0.326 e. The molecule has 0 unspecified atom stereocenters. The van der Waals surface area contributed by atoms with Crippen LogP contribution in [0.3, 0.4) is 0 Å². The average Bonchev–Trinajstić information content (AvgIpc) is 2.92. The quantitative estimate of drug-likeness (QED) is 0.918. The lowest BCUT2D eigenvalue weighted by Gasteiger charge is -2.19. The molecule has 2 aromatic carbocycles. The number of halogens is 1. The Morgan fingerprint density at radius 1 is 1.21 bits per heavy atom. The molecule has 1 aliphatic heterocycles. The molecule has 2 amide bonds. The van der Waals surface area contributed by atoms with E-state index in [4.69, 9.17) is 11.6 Å². The van der Waals surface area contributed by atoms with E-state index < -0.39 is 0 Å². The van der Waals surface area contributed by atoms with Crippen molar-refractivity contribution in [1.29, 1.82) is 0 Å². The molecule has 0 aromatic heterocycles. The van der Waals surface area contributed by atoms with Crippen LogP contribution >= 0.6 is 11.6 Å². The second-order valence-corrected chi connectivity index (χ2v) is 6.63. The molecule has 0 saturated carbocycles. The second-order valence-electron chi connectivity index (χ2n) is 6.19. The highest BCUT2D eigenvalue weighted by Gasteiger charge is 2.35. The number of carbonyl (C=O) groups is 2. The highest BCUT2D eigenvalue weighted by Crippen LogP contribution is 2.29. The van der Waals surface area contributed by atoms with Crippen molar-refractivity contribution >= 4 is 34.8 Å². The number of anilines is 2. The van der Waals surface area contributed by atoms with Gasteiger partial charge in [-0.2, -0.15) is 0 Å². The van der Waals surface area contributed by atoms with Gasteiger partial charge in [0.1, 0.15) is 0 Å². The van der Waals surface area contributed by atoms with E-state index in [1.54, 1.807) is 29.2 Å². The standard InChI is InChI=1S/C19H19ClN2O2/c1-12-6-7-13(2)17(8-12)22-11-14(9-18(22)23)19(24)21-16-5-3-4-15(20)10-16/h3-8,10,14H,9,11H2,1-2H3,(H,21,24)/t14-/m1/s1. The van der Waals surface area contributed by atoms with Crippen molar-refractivity contribution in [1.82, 2.24) is 0 Å². The van der Waals surface area contributed by atoms with Gasteiger partial charge in [0, 0.05) is 29.4 Å². The van der Waals surface area contributed by atoms with Crippen LogP contribution in [0.2, 0.25) is 5.02 Å². The molecule has 1 atom stereocenters. The fraction of sp³-hybridized carbons (Fsp3) is 0.263. The summed E-state index contributed by atoms with van der Waals surface area (Å²) < 4.78 is 0. The third kappa shape index (κ3) is 3.44. The molecule has 1 fully saturated rings. The first-order valence-electron chi connectivity index (χ1n) is 7.88. The summed E-state index contributed by atoms with van der Waals surface area (Å²) in [7, 11) is 0. The van der Waals surface area contributed by atoms with Crippen LogP contribution in [-0.4, -0.2) is 18.4 Å². The third-order valence-electron chi connectivity index (χ3n) is 4.24. The Hall–Kier alpha value is -2.33. The van der Waals surface area contributed by atoms with Crippen molar-refractivity contribution in [3.63, 3.8) is 0 Å². The van der Waals surface area contributed by atoms with Gasteiger partial charge in [0.25, 0.3) is 0 Å². The molecule has 3 rings (SSSR count). The van der Waals surface area contributed by atoms with Crippen LogP contribution in [0, 0.1) is 19.8 Å². The zero-order valence-electron chi connectivity index (χ0n) is 13.7. The minimum atomic E-state index is -0.364. The van der Waals surface area contributed by atoms with E-state index in [1.165, 1.54) is 0 Å². The van der Waals surface area contributed by atoms with Gasteiger partial charge in [-0.1, -0.05) is 29.8 Å². The van der Waals surface area contributed by atoms with E-state index in [2.05, 4.69) is 5.32 Å². The Bertz CT molecular complexity index is 804. The van der Waals surface area contributed by atoms with Gasteiger partial charge >= 0.3 is 0 Å². The number of nitrogens with zero attached hydrogens (tertiary/aromatic N) is 1. The summed E-state index contributed by atoms with van der Waals surface area (Å²) in [6, 6.07) is 13.0. The first-order chi connectivity index (χ1) is 11.4. The summed E-state index contributed by atoms with van der Waals surface area (Å²) in [5.74, 6) is -0.537. The highest BCUT2D eigenvalue weighted by atomic mass is 35.5. The van der Waals surface area contributed by atoms with E-state index in [1.807, 2.05) is 32.0 Å². The fourth-order valence-electron chi connectivity index (χ4n) is 2.94. The molecule has 124 valence electrons. The maximum atomic E-state index is 12.5. The van der Waals surface area contributed by atoms with Gasteiger partial charge in [-0.3, -0.25) is 9.59 Å². The van der Waals surface area contributed by atoms with Crippen LogP contribution in [0.15, 0.2) is 42.5 Å². The van der Waals surface area contributed by atoms with Crippen molar-refractivity contribution in [2.45, 2.75) is 20.3 Å². The molecule has 1 aliphatic rings. The molecule has 24 heavy (non-hydrogen) atoms. The molecule has 1 saturated heterocycles. The average molecular weight is 343 g/mol. The molecule has 5 heteroatoms. The van der Waals surface area contributed by atoms with E-state index in [0.717, 1.165) is 16.8 Å². The first kappa shape index (κ1) is 16.5. The summed E-state index contributed by atoms with van der Waals surface area (Å²) in [6.45, 7) is 4.36. The van der Waals surface area contributed by atoms with Gasteiger partial charge in [0.05, 0.1) is 5.92 Å². The predicted octanol–water partition coefficient (Wildman–Crippen LogP) is 3.95. The molecule has 2 aromatic rings. The summed E-state index contributed by atoms with van der Waals surface area (Å²) in [5.41, 5.74) is 3.66. The van der Waals surface area contributed by atoms with Gasteiger partial charge in [-0.05, 0) is 49.2 Å². The maximum Gasteiger partial charge on any atom is 0.229 e. The zero-order valence-corrected chi connectivity index (χ0v) is 14.4. The van der Waals surface area contributed by atoms with Crippen molar-refractivity contribution in [3.05, 3.63) is 58.6 Å². The number of hydrogen-bond donors (Lipinski definition) is 1. The number of nitrogens with one attached hydrogen (secondary N) is 1. The minimum Gasteiger partial charge on any atom is -0.326 e. The lowest BCUT2D eigenvalue weighted by atomic mass is 10.1. The minimum absolute atomic E-state index is 0.0186. The zero-order chi connectivity index (χ0) is 17.3. The molecule has 4 nitrogen and oxygen atoms in total. The monoisotopic (exact) mass is 342 g/mol. The lowest BCUT2D eigenvalue weighted by Crippen LogP contribution is -2.28. The van der Waals surface area contributed by atoms with Crippen LogP contribution in [0.4, 0.5) is 11.4 Å². The van der Waals surface area contributed by atoms with Gasteiger partial charge in [0.15, 0.2) is 0 Å². The van der Waals surface area contributed by atoms with E-state index in [0.29, 0.717) is 17.3 Å². The molecular weight excluding hydrogens is 324 g/mol. The summed E-state index contributed by atoms with van der Waals surface area (Å²) in [5, 5.41) is 3.40. The van der Waals surface area contributed by atoms with Crippen molar-refractivity contribution in [2.24, 2.45) is 5.92 Å².